The molecule has 0 aromatic heterocycles. The van der Waals surface area contributed by atoms with Crippen LogP contribution < -0.4 is 0 Å². The summed E-state index contributed by atoms with van der Waals surface area (Å²) in [6.07, 6.45) is 9.39. The van der Waals surface area contributed by atoms with E-state index in [1.165, 1.54) is 24.5 Å². The molecular formula is C22H32O4. The molecule has 1 aromatic rings. The highest BCUT2D eigenvalue weighted by molar-refractivity contribution is 5.81. The van der Waals surface area contributed by atoms with Crippen LogP contribution in [0.1, 0.15) is 51.5 Å². The molecule has 0 aliphatic carbocycles. The molecule has 0 aliphatic rings. The average molecular weight is 360 g/mol. The molecule has 1 atom stereocenters. The lowest BCUT2D eigenvalue weighted by molar-refractivity contribution is -0.143. The first-order chi connectivity index (χ1) is 12.4. The van der Waals surface area contributed by atoms with Gasteiger partial charge in [-0.2, -0.15) is 0 Å². The summed E-state index contributed by atoms with van der Waals surface area (Å²) in [6.45, 7) is 14.2. The van der Waals surface area contributed by atoms with E-state index in [-0.39, 0.29) is 12.1 Å². The fourth-order valence-corrected chi connectivity index (χ4v) is 1.77. The minimum Gasteiger partial charge on any atom is -0.478 e. The topological polar surface area (TPSA) is 63.6 Å². The van der Waals surface area contributed by atoms with Crippen LogP contribution in [0.2, 0.25) is 0 Å². The maximum Gasteiger partial charge on any atom is 0.330 e. The largest absolute Gasteiger partial charge is 0.478 e. The lowest BCUT2D eigenvalue weighted by Crippen LogP contribution is -2.15. The predicted molar refractivity (Wildman–Crippen MR) is 109 cm³/mol. The number of carbonyl (C=O) groups is 2. The molecule has 144 valence electrons. The van der Waals surface area contributed by atoms with Gasteiger partial charge >= 0.3 is 11.9 Å². The van der Waals surface area contributed by atoms with E-state index in [0.29, 0.717) is 0 Å². The molecule has 0 aliphatic heterocycles. The van der Waals surface area contributed by atoms with Gasteiger partial charge in [0.1, 0.15) is 6.10 Å². The molecule has 0 saturated carbocycles. The lowest BCUT2D eigenvalue weighted by Gasteiger charge is -2.14. The number of carbonyl (C=O) groups excluding carboxylic acids is 1. The van der Waals surface area contributed by atoms with Crippen LogP contribution in [0.3, 0.4) is 0 Å². The third-order valence-corrected chi connectivity index (χ3v) is 3.24. The smallest absolute Gasteiger partial charge is 0.330 e. The summed E-state index contributed by atoms with van der Waals surface area (Å²) < 4.78 is 5.14. The number of carboxylic acid groups (broad SMARTS) is 1. The SMILES string of the molecule is C=CC(=O)O.C=CC(=O)OC(CC)CCCCC.C=Cc1ccccc1. The van der Waals surface area contributed by atoms with Gasteiger partial charge in [-0.15, -0.1) is 0 Å². The average Bonchev–Trinajstić information content (AvgIpc) is 2.68. The second-order valence-corrected chi connectivity index (χ2v) is 5.32. The molecule has 1 rings (SSSR count). The highest BCUT2D eigenvalue weighted by Crippen LogP contribution is 2.10. The Balaban J connectivity index is 0. The third-order valence-electron chi connectivity index (χ3n) is 3.24. The van der Waals surface area contributed by atoms with Crippen LogP contribution in [0.5, 0.6) is 0 Å². The summed E-state index contributed by atoms with van der Waals surface area (Å²) in [5, 5.41) is 7.60. The maximum atomic E-state index is 10.9. The Labute approximate surface area is 157 Å². The molecule has 1 N–H and O–H groups in total. The van der Waals surface area contributed by atoms with Crippen LogP contribution in [0.15, 0.2) is 62.2 Å². The lowest BCUT2D eigenvalue weighted by atomic mass is 10.1. The number of carboxylic acids is 1. The molecule has 26 heavy (non-hydrogen) atoms. The summed E-state index contributed by atoms with van der Waals surface area (Å²) in [5.74, 6) is -1.28. The Morgan fingerprint density at radius 2 is 1.65 bits per heavy atom. The van der Waals surface area contributed by atoms with Gasteiger partial charge in [-0.1, -0.05) is 82.8 Å². The van der Waals surface area contributed by atoms with Crippen molar-refractivity contribution in [2.75, 3.05) is 0 Å². The molecule has 0 spiro atoms. The van der Waals surface area contributed by atoms with E-state index < -0.39 is 5.97 Å². The molecule has 4 heteroatoms. The number of aliphatic carboxylic acids is 1. The molecule has 1 aromatic carbocycles. The molecular weight excluding hydrogens is 328 g/mol. The third kappa shape index (κ3) is 17.7. The molecule has 0 fully saturated rings. The summed E-state index contributed by atoms with van der Waals surface area (Å²) in [6, 6.07) is 10.0. The van der Waals surface area contributed by atoms with Gasteiger partial charge in [0.2, 0.25) is 0 Å². The van der Waals surface area contributed by atoms with E-state index in [2.05, 4.69) is 26.7 Å². The molecule has 1 unspecified atom stereocenters. The molecule has 0 radical (unpaired) electrons. The van der Waals surface area contributed by atoms with Gasteiger partial charge in [-0.3, -0.25) is 0 Å². The zero-order valence-corrected chi connectivity index (χ0v) is 16.0. The maximum absolute atomic E-state index is 10.9. The Hall–Kier alpha value is -2.62. The van der Waals surface area contributed by atoms with Crippen molar-refractivity contribution in [3.05, 3.63) is 67.8 Å². The monoisotopic (exact) mass is 360 g/mol. The van der Waals surface area contributed by atoms with Gasteiger partial charge in [0.25, 0.3) is 0 Å². The zero-order chi connectivity index (χ0) is 20.2. The van der Waals surface area contributed by atoms with Crippen molar-refractivity contribution >= 4 is 18.0 Å². The van der Waals surface area contributed by atoms with E-state index in [4.69, 9.17) is 9.84 Å². The number of benzene rings is 1. The van der Waals surface area contributed by atoms with Gasteiger partial charge in [-0.25, -0.2) is 9.59 Å². The molecule has 0 saturated heterocycles. The van der Waals surface area contributed by atoms with Crippen LogP contribution in [0, 0.1) is 0 Å². The van der Waals surface area contributed by atoms with E-state index in [0.717, 1.165) is 25.3 Å². The number of hydrogen-bond donors (Lipinski definition) is 1. The van der Waals surface area contributed by atoms with Gasteiger partial charge < -0.3 is 9.84 Å². The number of hydrogen-bond acceptors (Lipinski definition) is 3. The summed E-state index contributed by atoms with van der Waals surface area (Å²) in [7, 11) is 0. The highest BCUT2D eigenvalue weighted by Gasteiger charge is 2.08. The number of esters is 1. The number of unbranched alkanes of at least 4 members (excludes halogenated alkanes) is 2. The number of ether oxygens (including phenoxy) is 1. The quantitative estimate of drug-likeness (QED) is 0.350. The van der Waals surface area contributed by atoms with E-state index in [1.807, 2.05) is 43.3 Å². The highest BCUT2D eigenvalue weighted by atomic mass is 16.5. The van der Waals surface area contributed by atoms with Crippen molar-refractivity contribution in [1.82, 2.24) is 0 Å². The molecule has 0 heterocycles. The molecule has 0 amide bonds. The number of rotatable bonds is 9. The Kier molecular flexibility index (Phi) is 18.4. The van der Waals surface area contributed by atoms with Gasteiger partial charge in [0.15, 0.2) is 0 Å². The van der Waals surface area contributed by atoms with Crippen molar-refractivity contribution in [2.45, 2.75) is 52.1 Å². The van der Waals surface area contributed by atoms with Gasteiger partial charge in [-0.05, 0) is 24.8 Å². The fourth-order valence-electron chi connectivity index (χ4n) is 1.77. The summed E-state index contributed by atoms with van der Waals surface area (Å²) in [5.41, 5.74) is 1.17. The van der Waals surface area contributed by atoms with E-state index >= 15 is 0 Å². The zero-order valence-electron chi connectivity index (χ0n) is 16.0. The molecule has 4 nitrogen and oxygen atoms in total. The van der Waals surface area contributed by atoms with Crippen molar-refractivity contribution in [2.24, 2.45) is 0 Å². The first kappa shape index (κ1) is 25.6. The van der Waals surface area contributed by atoms with Crippen molar-refractivity contribution in [3.63, 3.8) is 0 Å². The minimum atomic E-state index is -0.981. The minimum absolute atomic E-state index is 0.0806. The second-order valence-electron chi connectivity index (χ2n) is 5.32. The molecule has 0 bridgehead atoms. The Morgan fingerprint density at radius 1 is 1.08 bits per heavy atom. The van der Waals surface area contributed by atoms with Crippen LogP contribution in [0.4, 0.5) is 0 Å². The van der Waals surface area contributed by atoms with E-state index in [1.54, 1.807) is 0 Å². The van der Waals surface area contributed by atoms with Crippen LogP contribution in [0.25, 0.3) is 6.08 Å². The van der Waals surface area contributed by atoms with Crippen LogP contribution in [-0.2, 0) is 14.3 Å². The van der Waals surface area contributed by atoms with Crippen LogP contribution in [-0.4, -0.2) is 23.1 Å². The Bertz CT molecular complexity index is 520. The summed E-state index contributed by atoms with van der Waals surface area (Å²) in [4.78, 5) is 20.1. The first-order valence-corrected chi connectivity index (χ1v) is 8.80. The van der Waals surface area contributed by atoms with Gasteiger partial charge in [0.05, 0.1) is 0 Å². The fraction of sp³-hybridized carbons (Fsp3) is 0.364. The van der Waals surface area contributed by atoms with Crippen molar-refractivity contribution in [1.29, 1.82) is 0 Å². The van der Waals surface area contributed by atoms with Gasteiger partial charge in [0, 0.05) is 12.2 Å². The normalized spacial score (nSPS) is 9.92. The van der Waals surface area contributed by atoms with Crippen molar-refractivity contribution < 1.29 is 19.4 Å². The van der Waals surface area contributed by atoms with Crippen molar-refractivity contribution in [3.8, 4) is 0 Å². The Morgan fingerprint density at radius 3 is 2.00 bits per heavy atom. The first-order valence-electron chi connectivity index (χ1n) is 8.80. The second kappa shape index (κ2) is 18.7. The summed E-state index contributed by atoms with van der Waals surface area (Å²) >= 11 is 0. The van der Waals surface area contributed by atoms with Crippen LogP contribution >= 0.6 is 0 Å². The standard InChI is InChI=1S/C11H20O2.C8H8.C3H4O2/c1-4-7-8-9-10(5-2)13-11(12)6-3;1-2-8-6-4-3-5-7-8;1-2-3(4)5/h6,10H,3-5,7-9H2,1-2H3;2-7H,1H2;2H,1H2,(H,4,5). The van der Waals surface area contributed by atoms with E-state index in [9.17, 15) is 9.59 Å². The predicted octanol–water partition coefficient (Wildman–Crippen LogP) is 5.66.